The van der Waals surface area contributed by atoms with Gasteiger partial charge in [-0.25, -0.2) is 9.18 Å². The summed E-state index contributed by atoms with van der Waals surface area (Å²) in [5, 5.41) is 3.06. The number of urea groups is 1. The van der Waals surface area contributed by atoms with E-state index < -0.39 is 0 Å². The highest BCUT2D eigenvalue weighted by molar-refractivity contribution is 7.99. The number of benzene rings is 2. The number of carbonyl (C=O) groups is 1. The van der Waals surface area contributed by atoms with Crippen molar-refractivity contribution in [2.45, 2.75) is 43.2 Å². The zero-order valence-electron chi connectivity index (χ0n) is 19.1. The Morgan fingerprint density at radius 3 is 2.52 bits per heavy atom. The molecule has 1 N–H and O–H groups in total. The predicted octanol–water partition coefficient (Wildman–Crippen LogP) is 4.78. The number of amides is 2. The summed E-state index contributed by atoms with van der Waals surface area (Å²) in [4.78, 5) is 20.7. The van der Waals surface area contributed by atoms with E-state index in [2.05, 4.69) is 15.1 Å². The highest BCUT2D eigenvalue weighted by Crippen LogP contribution is 2.41. The Morgan fingerprint density at radius 2 is 1.76 bits per heavy atom. The van der Waals surface area contributed by atoms with Crippen LogP contribution in [0.5, 0.6) is 0 Å². The van der Waals surface area contributed by atoms with Gasteiger partial charge in [-0.3, -0.25) is 0 Å². The number of rotatable bonds is 5. The minimum atomic E-state index is -0.141. The van der Waals surface area contributed by atoms with Crippen molar-refractivity contribution in [3.63, 3.8) is 0 Å². The van der Waals surface area contributed by atoms with Crippen molar-refractivity contribution in [1.82, 2.24) is 15.1 Å². The Kier molecular flexibility index (Phi) is 7.07. The van der Waals surface area contributed by atoms with Gasteiger partial charge in [0.15, 0.2) is 0 Å². The zero-order valence-corrected chi connectivity index (χ0v) is 19.9. The molecule has 0 saturated carbocycles. The van der Waals surface area contributed by atoms with Gasteiger partial charge >= 0.3 is 6.03 Å². The maximum atomic E-state index is 13.5. The maximum absolute atomic E-state index is 13.5. The fourth-order valence-electron chi connectivity index (χ4n) is 5.33. The van der Waals surface area contributed by atoms with Crippen LogP contribution >= 0.6 is 11.8 Å². The summed E-state index contributed by atoms with van der Waals surface area (Å²) >= 11 is 1.75. The summed E-state index contributed by atoms with van der Waals surface area (Å²) in [6.07, 6.45) is 4.50. The molecule has 0 bridgehead atoms. The number of fused-ring (bicyclic) bond motifs is 1. The summed E-state index contributed by atoms with van der Waals surface area (Å²) in [6, 6.07) is 15.9. The van der Waals surface area contributed by atoms with Crippen molar-refractivity contribution in [2.75, 3.05) is 43.5 Å². The summed E-state index contributed by atoms with van der Waals surface area (Å²) in [5.41, 5.74) is 2.34. The van der Waals surface area contributed by atoms with Crippen molar-refractivity contribution in [3.8, 4) is 0 Å². The molecule has 176 valence electrons. The Morgan fingerprint density at radius 1 is 1.00 bits per heavy atom. The van der Waals surface area contributed by atoms with Crippen LogP contribution in [-0.2, 0) is 6.54 Å². The molecule has 5 rings (SSSR count). The standard InChI is InChI=1S/C26H33FN4OS/c27-22-6-7-24-25(16-22)33-19-31(24)23-10-12-29(13-11-23)18-21-8-14-30(15-9-21)26(32)28-17-20-4-2-1-3-5-20/h1-7,16,21,23H,8-15,17-19H2,(H,28,32). The minimum Gasteiger partial charge on any atom is -0.358 e. The molecule has 0 unspecified atom stereocenters. The van der Waals surface area contributed by atoms with Gasteiger partial charge in [0.1, 0.15) is 5.82 Å². The van der Waals surface area contributed by atoms with Crippen molar-refractivity contribution in [1.29, 1.82) is 0 Å². The molecular formula is C26H33FN4OS. The Bertz CT molecular complexity index is 943. The smallest absolute Gasteiger partial charge is 0.317 e. The monoisotopic (exact) mass is 468 g/mol. The van der Waals surface area contributed by atoms with E-state index in [0.717, 1.165) is 74.7 Å². The minimum absolute atomic E-state index is 0.0572. The molecule has 0 aromatic heterocycles. The van der Waals surface area contributed by atoms with E-state index in [0.29, 0.717) is 18.5 Å². The number of carbonyl (C=O) groups excluding carboxylic acids is 1. The Labute approximate surface area is 200 Å². The summed E-state index contributed by atoms with van der Waals surface area (Å²) in [5.74, 6) is 1.47. The van der Waals surface area contributed by atoms with E-state index in [1.807, 2.05) is 41.3 Å². The molecule has 3 heterocycles. The Balaban J connectivity index is 1.03. The highest BCUT2D eigenvalue weighted by Gasteiger charge is 2.31. The lowest BCUT2D eigenvalue weighted by atomic mass is 9.94. The number of halogens is 1. The van der Waals surface area contributed by atoms with Crippen LogP contribution in [0.15, 0.2) is 53.4 Å². The van der Waals surface area contributed by atoms with Crippen molar-refractivity contribution in [3.05, 3.63) is 59.9 Å². The fourth-order valence-corrected chi connectivity index (χ4v) is 6.49. The lowest BCUT2D eigenvalue weighted by Gasteiger charge is -2.40. The molecule has 0 atom stereocenters. The van der Waals surface area contributed by atoms with Gasteiger partial charge in [-0.05, 0) is 55.4 Å². The molecule has 2 aromatic rings. The largest absolute Gasteiger partial charge is 0.358 e. The highest BCUT2D eigenvalue weighted by atomic mass is 32.2. The first-order valence-electron chi connectivity index (χ1n) is 12.1. The number of likely N-dealkylation sites (tertiary alicyclic amines) is 2. The van der Waals surface area contributed by atoms with Crippen LogP contribution in [0.4, 0.5) is 14.9 Å². The summed E-state index contributed by atoms with van der Waals surface area (Å²) in [7, 11) is 0. The topological polar surface area (TPSA) is 38.8 Å². The quantitative estimate of drug-likeness (QED) is 0.685. The molecule has 0 radical (unpaired) electrons. The van der Waals surface area contributed by atoms with E-state index in [-0.39, 0.29) is 11.8 Å². The van der Waals surface area contributed by atoms with E-state index in [1.165, 1.54) is 5.69 Å². The Hall–Kier alpha value is -2.25. The van der Waals surface area contributed by atoms with Crippen molar-refractivity contribution < 1.29 is 9.18 Å². The van der Waals surface area contributed by atoms with E-state index in [1.54, 1.807) is 23.9 Å². The number of hydrogen-bond donors (Lipinski definition) is 1. The molecule has 2 saturated heterocycles. The molecule has 33 heavy (non-hydrogen) atoms. The van der Waals surface area contributed by atoms with Crippen molar-refractivity contribution in [2.24, 2.45) is 5.92 Å². The third-order valence-electron chi connectivity index (χ3n) is 7.29. The van der Waals surface area contributed by atoms with Crippen LogP contribution < -0.4 is 10.2 Å². The van der Waals surface area contributed by atoms with E-state index in [4.69, 9.17) is 0 Å². The van der Waals surface area contributed by atoms with Gasteiger partial charge in [0.2, 0.25) is 0 Å². The third kappa shape index (κ3) is 5.46. The van der Waals surface area contributed by atoms with Crippen LogP contribution in [0.3, 0.4) is 0 Å². The molecule has 7 heteroatoms. The number of thioether (sulfide) groups is 1. The maximum Gasteiger partial charge on any atom is 0.317 e. The molecule has 2 aromatic carbocycles. The number of hydrogen-bond acceptors (Lipinski definition) is 4. The van der Waals surface area contributed by atoms with Crippen LogP contribution in [0.1, 0.15) is 31.2 Å². The molecule has 2 amide bonds. The third-order valence-corrected chi connectivity index (χ3v) is 8.34. The van der Waals surface area contributed by atoms with Gasteiger partial charge in [-0.2, -0.15) is 0 Å². The van der Waals surface area contributed by atoms with Gasteiger partial charge in [0.05, 0.1) is 11.6 Å². The SMILES string of the molecule is O=C(NCc1ccccc1)N1CCC(CN2CCC(N3CSc4cc(F)ccc43)CC2)CC1. The second kappa shape index (κ2) is 10.3. The second-order valence-corrected chi connectivity index (χ2v) is 10.4. The first-order valence-corrected chi connectivity index (χ1v) is 13.1. The van der Waals surface area contributed by atoms with E-state index >= 15 is 0 Å². The predicted molar refractivity (Wildman–Crippen MR) is 132 cm³/mol. The average molecular weight is 469 g/mol. The second-order valence-electron chi connectivity index (χ2n) is 9.46. The van der Waals surface area contributed by atoms with Crippen LogP contribution in [-0.4, -0.2) is 60.5 Å². The fraction of sp³-hybridized carbons (Fsp3) is 0.500. The van der Waals surface area contributed by atoms with Crippen LogP contribution in [0, 0.1) is 11.7 Å². The number of nitrogens with zero attached hydrogens (tertiary/aromatic N) is 3. The van der Waals surface area contributed by atoms with Crippen LogP contribution in [0.2, 0.25) is 0 Å². The van der Waals surface area contributed by atoms with Crippen LogP contribution in [0.25, 0.3) is 0 Å². The molecule has 0 aliphatic carbocycles. The number of nitrogens with one attached hydrogen (secondary N) is 1. The first-order chi connectivity index (χ1) is 16.2. The van der Waals surface area contributed by atoms with Gasteiger partial charge in [0, 0.05) is 50.2 Å². The zero-order chi connectivity index (χ0) is 22.6. The van der Waals surface area contributed by atoms with Gasteiger partial charge in [-0.15, -0.1) is 11.8 Å². The van der Waals surface area contributed by atoms with Crippen molar-refractivity contribution >= 4 is 23.5 Å². The average Bonchev–Trinajstić information content (AvgIpc) is 3.27. The lowest BCUT2D eigenvalue weighted by molar-refractivity contribution is 0.132. The van der Waals surface area contributed by atoms with Gasteiger partial charge < -0.3 is 20.0 Å². The first kappa shape index (κ1) is 22.5. The van der Waals surface area contributed by atoms with Gasteiger partial charge in [-0.1, -0.05) is 30.3 Å². The number of anilines is 1. The molecular weight excluding hydrogens is 435 g/mol. The molecule has 3 aliphatic heterocycles. The molecule has 2 fully saturated rings. The molecule has 3 aliphatic rings. The summed E-state index contributed by atoms with van der Waals surface area (Å²) in [6.45, 7) is 5.67. The number of piperidine rings is 2. The lowest BCUT2D eigenvalue weighted by Crippen LogP contribution is -2.48. The molecule has 0 spiro atoms. The van der Waals surface area contributed by atoms with E-state index in [9.17, 15) is 9.18 Å². The van der Waals surface area contributed by atoms with Gasteiger partial charge in [0.25, 0.3) is 0 Å². The normalized spacial score (nSPS) is 20.2. The molecule has 5 nitrogen and oxygen atoms in total. The summed E-state index contributed by atoms with van der Waals surface area (Å²) < 4.78 is 13.5.